The zero-order valence-corrected chi connectivity index (χ0v) is 15.8. The number of benzene rings is 2. The summed E-state index contributed by atoms with van der Waals surface area (Å²) in [5, 5.41) is 0.858. The number of ether oxygens (including phenoxy) is 1. The van der Waals surface area contributed by atoms with Crippen molar-refractivity contribution in [2.75, 3.05) is 7.11 Å². The first-order chi connectivity index (χ1) is 10.6. The lowest BCUT2D eigenvalue weighted by Crippen LogP contribution is -2.21. The summed E-state index contributed by atoms with van der Waals surface area (Å²) in [5.41, 5.74) is 3.81. The summed E-state index contributed by atoms with van der Waals surface area (Å²) < 4.78 is 5.35. The van der Waals surface area contributed by atoms with E-state index in [1.54, 1.807) is 7.11 Å². The maximum Gasteiger partial charge on any atom is 0.119 e. The molecule has 0 amide bonds. The van der Waals surface area contributed by atoms with Gasteiger partial charge in [-0.1, -0.05) is 70.5 Å². The first-order valence-electron chi connectivity index (χ1n) is 8.07. The normalized spacial score (nSPS) is 12.3. The number of rotatable bonds is 4. The molecule has 0 atom stereocenters. The number of hydrogen-bond acceptors (Lipinski definition) is 1. The molecule has 0 saturated carbocycles. The summed E-state index contributed by atoms with van der Waals surface area (Å²) in [6.07, 6.45) is 0.935. The van der Waals surface area contributed by atoms with Crippen LogP contribution in [0.15, 0.2) is 42.5 Å². The largest absolute Gasteiger partial charge is 0.497 e. The second-order valence-corrected chi connectivity index (χ2v) is 8.26. The van der Waals surface area contributed by atoms with Gasteiger partial charge in [0, 0.05) is 5.02 Å². The van der Waals surface area contributed by atoms with Crippen molar-refractivity contribution in [1.29, 1.82) is 0 Å². The topological polar surface area (TPSA) is 9.23 Å². The molecule has 124 valence electrons. The summed E-state index contributed by atoms with van der Waals surface area (Å²) in [7, 11) is 1.71. The molecule has 0 bridgehead atoms. The Hall–Kier alpha value is -1.47. The van der Waals surface area contributed by atoms with Gasteiger partial charge in [0.2, 0.25) is 0 Å². The minimum Gasteiger partial charge on any atom is -0.497 e. The Morgan fingerprint density at radius 2 is 1.65 bits per heavy atom. The third-order valence-electron chi connectivity index (χ3n) is 4.34. The Kier molecular flexibility index (Phi) is 5.10. The van der Waals surface area contributed by atoms with Gasteiger partial charge in [0.15, 0.2) is 0 Å². The van der Waals surface area contributed by atoms with Crippen LogP contribution in [0.4, 0.5) is 0 Å². The van der Waals surface area contributed by atoms with Gasteiger partial charge >= 0.3 is 0 Å². The van der Waals surface area contributed by atoms with Crippen LogP contribution in [0.5, 0.6) is 5.75 Å². The Labute approximate surface area is 145 Å². The van der Waals surface area contributed by atoms with E-state index in [2.05, 4.69) is 65.0 Å². The van der Waals surface area contributed by atoms with Gasteiger partial charge in [-0.05, 0) is 52.1 Å². The van der Waals surface area contributed by atoms with E-state index in [4.69, 9.17) is 16.3 Å². The van der Waals surface area contributed by atoms with Gasteiger partial charge in [0.05, 0.1) is 7.11 Å². The average Bonchev–Trinajstić information content (AvgIpc) is 2.45. The average molecular weight is 331 g/mol. The fourth-order valence-electron chi connectivity index (χ4n) is 2.93. The number of hydrogen-bond donors (Lipinski definition) is 0. The minimum absolute atomic E-state index is 0.0150. The predicted molar refractivity (Wildman–Crippen MR) is 99.9 cm³/mol. The van der Waals surface area contributed by atoms with Gasteiger partial charge < -0.3 is 4.74 Å². The molecule has 0 fully saturated rings. The van der Waals surface area contributed by atoms with Crippen molar-refractivity contribution in [2.45, 2.75) is 51.9 Å². The van der Waals surface area contributed by atoms with Crippen molar-refractivity contribution in [3.05, 3.63) is 64.2 Å². The molecular weight excluding hydrogens is 304 g/mol. The maximum atomic E-state index is 6.52. The predicted octanol–water partition coefficient (Wildman–Crippen LogP) is 6.17. The first-order valence-corrected chi connectivity index (χ1v) is 8.45. The maximum absolute atomic E-state index is 6.52. The molecule has 0 aromatic heterocycles. The molecular formula is C21H27ClO. The molecule has 2 aromatic rings. The Morgan fingerprint density at radius 1 is 0.957 bits per heavy atom. The van der Waals surface area contributed by atoms with Crippen LogP contribution in [-0.2, 0) is 17.3 Å². The molecule has 1 nitrogen and oxygen atoms in total. The number of halogens is 1. The third kappa shape index (κ3) is 4.29. The fraction of sp³-hybridized carbons (Fsp3) is 0.429. The van der Waals surface area contributed by atoms with Crippen molar-refractivity contribution in [3.8, 4) is 5.75 Å². The molecule has 0 spiro atoms. The van der Waals surface area contributed by atoms with Crippen LogP contribution < -0.4 is 4.74 Å². The lowest BCUT2D eigenvalue weighted by Gasteiger charge is -2.27. The van der Waals surface area contributed by atoms with E-state index >= 15 is 0 Å². The van der Waals surface area contributed by atoms with Gasteiger partial charge in [-0.3, -0.25) is 0 Å². The molecule has 0 N–H and O–H groups in total. The second-order valence-electron chi connectivity index (χ2n) is 7.86. The first kappa shape index (κ1) is 17.9. The summed E-state index contributed by atoms with van der Waals surface area (Å²) in [6, 6.07) is 14.8. The van der Waals surface area contributed by atoms with E-state index in [9.17, 15) is 0 Å². The molecule has 0 heterocycles. The molecule has 0 aliphatic heterocycles. The van der Waals surface area contributed by atoms with E-state index in [0.29, 0.717) is 0 Å². The fourth-order valence-corrected chi connectivity index (χ4v) is 3.42. The summed E-state index contributed by atoms with van der Waals surface area (Å²) in [4.78, 5) is 0. The van der Waals surface area contributed by atoms with Crippen LogP contribution in [0, 0.1) is 0 Å². The van der Waals surface area contributed by atoms with Crippen LogP contribution in [0.1, 0.15) is 51.3 Å². The van der Waals surface area contributed by atoms with Gasteiger partial charge in [0.25, 0.3) is 0 Å². The lowest BCUT2D eigenvalue weighted by molar-refractivity contribution is 0.411. The highest BCUT2D eigenvalue weighted by Crippen LogP contribution is 2.34. The van der Waals surface area contributed by atoms with E-state index in [0.717, 1.165) is 17.2 Å². The highest BCUT2D eigenvalue weighted by molar-refractivity contribution is 6.31. The quantitative estimate of drug-likeness (QED) is 0.651. The number of methoxy groups -OCH3 is 1. The monoisotopic (exact) mass is 330 g/mol. The van der Waals surface area contributed by atoms with Crippen LogP contribution in [0.25, 0.3) is 0 Å². The molecule has 0 aliphatic carbocycles. The summed E-state index contributed by atoms with van der Waals surface area (Å²) >= 11 is 6.52. The summed E-state index contributed by atoms with van der Waals surface area (Å²) in [6.45, 7) is 11.1. The molecule has 2 aromatic carbocycles. The SMILES string of the molecule is COc1cccc(C(C)(C)Cc2ccc(C(C)(C)C)c(Cl)c2)c1. The van der Waals surface area contributed by atoms with Crippen molar-refractivity contribution in [1.82, 2.24) is 0 Å². The van der Waals surface area contributed by atoms with Crippen LogP contribution in [0.3, 0.4) is 0 Å². The van der Waals surface area contributed by atoms with E-state index < -0.39 is 0 Å². The molecule has 2 heteroatoms. The Bertz CT molecular complexity index is 680. The molecule has 23 heavy (non-hydrogen) atoms. The zero-order valence-electron chi connectivity index (χ0n) is 15.0. The molecule has 2 rings (SSSR count). The van der Waals surface area contributed by atoms with E-state index in [1.807, 2.05) is 12.1 Å². The van der Waals surface area contributed by atoms with Crippen molar-refractivity contribution < 1.29 is 4.74 Å². The van der Waals surface area contributed by atoms with E-state index in [1.165, 1.54) is 16.7 Å². The van der Waals surface area contributed by atoms with Crippen molar-refractivity contribution in [2.24, 2.45) is 0 Å². The van der Waals surface area contributed by atoms with E-state index in [-0.39, 0.29) is 10.8 Å². The zero-order chi connectivity index (χ0) is 17.3. The second kappa shape index (κ2) is 6.57. The van der Waals surface area contributed by atoms with Gasteiger partial charge in [0.1, 0.15) is 5.75 Å². The van der Waals surface area contributed by atoms with Gasteiger partial charge in [-0.2, -0.15) is 0 Å². The standard InChI is InChI=1S/C21H27ClO/c1-20(2,3)18-11-10-15(12-19(18)22)14-21(4,5)16-8-7-9-17(13-16)23-6/h7-13H,14H2,1-6H3. The molecule has 0 saturated heterocycles. The van der Waals surface area contributed by atoms with Crippen molar-refractivity contribution in [3.63, 3.8) is 0 Å². The molecule has 0 aliphatic rings. The van der Waals surface area contributed by atoms with Gasteiger partial charge in [-0.15, -0.1) is 0 Å². The van der Waals surface area contributed by atoms with Crippen molar-refractivity contribution >= 4 is 11.6 Å². The highest BCUT2D eigenvalue weighted by atomic mass is 35.5. The van der Waals surface area contributed by atoms with Crippen LogP contribution >= 0.6 is 11.6 Å². The molecule has 0 radical (unpaired) electrons. The minimum atomic E-state index is 0.0150. The highest BCUT2D eigenvalue weighted by Gasteiger charge is 2.23. The lowest BCUT2D eigenvalue weighted by atomic mass is 9.78. The summed E-state index contributed by atoms with van der Waals surface area (Å²) in [5.74, 6) is 0.900. The Balaban J connectivity index is 2.28. The molecule has 0 unspecified atom stereocenters. The van der Waals surface area contributed by atoms with Crippen LogP contribution in [0.2, 0.25) is 5.02 Å². The third-order valence-corrected chi connectivity index (χ3v) is 4.65. The van der Waals surface area contributed by atoms with Gasteiger partial charge in [-0.25, -0.2) is 0 Å². The van der Waals surface area contributed by atoms with Crippen LogP contribution in [-0.4, -0.2) is 7.11 Å². The smallest absolute Gasteiger partial charge is 0.119 e. The Morgan fingerprint density at radius 3 is 2.22 bits per heavy atom.